The van der Waals surface area contributed by atoms with Gasteiger partial charge in [0.25, 0.3) is 0 Å². The van der Waals surface area contributed by atoms with Gasteiger partial charge in [0.1, 0.15) is 11.5 Å². The van der Waals surface area contributed by atoms with E-state index >= 15 is 0 Å². The van der Waals surface area contributed by atoms with Crippen LogP contribution in [0.2, 0.25) is 10.0 Å². The number of aromatic hydroxyl groups is 3. The summed E-state index contributed by atoms with van der Waals surface area (Å²) in [4.78, 5) is 0. The summed E-state index contributed by atoms with van der Waals surface area (Å²) in [5, 5.41) is 29.2. The molecule has 24 heavy (non-hydrogen) atoms. The number of phenols is 3. The van der Waals surface area contributed by atoms with Gasteiger partial charge in [0.15, 0.2) is 5.75 Å². The summed E-state index contributed by atoms with van der Waals surface area (Å²) in [7, 11) is 0. The molecule has 3 nitrogen and oxygen atoms in total. The van der Waals surface area contributed by atoms with Crippen LogP contribution in [0.1, 0.15) is 22.6 Å². The van der Waals surface area contributed by atoms with E-state index in [2.05, 4.69) is 0 Å². The average Bonchev–Trinajstić information content (AvgIpc) is 2.56. The molecule has 3 N–H and O–H groups in total. The van der Waals surface area contributed by atoms with Crippen LogP contribution >= 0.6 is 23.2 Å². The third kappa shape index (κ3) is 3.28. The SMILES string of the molecule is Oc1ccc(C(c2ccc(O)cc2)c2cc(Cl)c(O)c(Cl)c2)cc1. The van der Waals surface area contributed by atoms with Crippen molar-refractivity contribution in [1.29, 1.82) is 0 Å². The van der Waals surface area contributed by atoms with Crippen LogP contribution < -0.4 is 0 Å². The molecule has 0 heterocycles. The molecule has 0 aromatic heterocycles. The number of hydrogen-bond acceptors (Lipinski definition) is 3. The highest BCUT2D eigenvalue weighted by atomic mass is 35.5. The highest BCUT2D eigenvalue weighted by Gasteiger charge is 2.19. The van der Waals surface area contributed by atoms with Gasteiger partial charge in [-0.15, -0.1) is 0 Å². The zero-order valence-corrected chi connectivity index (χ0v) is 14.0. The van der Waals surface area contributed by atoms with E-state index in [1.165, 1.54) is 0 Å². The van der Waals surface area contributed by atoms with Gasteiger partial charge in [-0.3, -0.25) is 0 Å². The van der Waals surface area contributed by atoms with Gasteiger partial charge >= 0.3 is 0 Å². The first-order valence-electron chi connectivity index (χ1n) is 7.21. The van der Waals surface area contributed by atoms with Gasteiger partial charge in [-0.1, -0.05) is 47.5 Å². The topological polar surface area (TPSA) is 60.7 Å². The maximum absolute atomic E-state index is 9.80. The molecule has 0 aliphatic rings. The zero-order chi connectivity index (χ0) is 17.3. The van der Waals surface area contributed by atoms with E-state index in [0.29, 0.717) is 0 Å². The van der Waals surface area contributed by atoms with Crippen molar-refractivity contribution in [3.8, 4) is 17.2 Å². The molecule has 122 valence electrons. The molecule has 5 heteroatoms. The normalized spacial score (nSPS) is 11.0. The first kappa shape index (κ1) is 16.5. The minimum Gasteiger partial charge on any atom is -0.508 e. The second kappa shape index (κ2) is 6.63. The molecular formula is C19H14Cl2O3. The standard InChI is InChI=1S/C19H14Cl2O3/c20-16-9-13(10-17(21)19(16)24)18(11-1-5-14(22)6-2-11)12-3-7-15(23)8-4-12/h1-10,18,22-24H. The maximum atomic E-state index is 9.80. The monoisotopic (exact) mass is 360 g/mol. The number of halogens is 2. The highest BCUT2D eigenvalue weighted by molar-refractivity contribution is 6.37. The summed E-state index contributed by atoms with van der Waals surface area (Å²) in [5.41, 5.74) is 2.62. The van der Waals surface area contributed by atoms with Crippen LogP contribution in [0.25, 0.3) is 0 Å². The van der Waals surface area contributed by atoms with Crippen LogP contribution in [0.5, 0.6) is 17.2 Å². The number of hydrogen-bond donors (Lipinski definition) is 3. The highest BCUT2D eigenvalue weighted by Crippen LogP contribution is 2.40. The molecular weight excluding hydrogens is 347 g/mol. The minimum atomic E-state index is -0.221. The van der Waals surface area contributed by atoms with Crippen molar-refractivity contribution in [2.45, 2.75) is 5.92 Å². The van der Waals surface area contributed by atoms with E-state index in [0.717, 1.165) is 16.7 Å². The van der Waals surface area contributed by atoms with Crippen LogP contribution in [0.3, 0.4) is 0 Å². The van der Waals surface area contributed by atoms with Crippen LogP contribution in [0, 0.1) is 0 Å². The summed E-state index contributed by atoms with van der Waals surface area (Å²) in [6.45, 7) is 0. The Morgan fingerprint density at radius 2 is 0.958 bits per heavy atom. The summed E-state index contributed by atoms with van der Waals surface area (Å²) in [5.74, 6) is -0.0333. The van der Waals surface area contributed by atoms with Gasteiger partial charge < -0.3 is 15.3 Å². The summed E-state index contributed by atoms with van der Waals surface area (Å²) < 4.78 is 0. The molecule has 3 rings (SSSR count). The van der Waals surface area contributed by atoms with E-state index in [1.54, 1.807) is 36.4 Å². The zero-order valence-electron chi connectivity index (χ0n) is 12.4. The Morgan fingerprint density at radius 3 is 1.33 bits per heavy atom. The Balaban J connectivity index is 2.18. The van der Waals surface area contributed by atoms with E-state index in [1.807, 2.05) is 24.3 Å². The van der Waals surface area contributed by atoms with Gasteiger partial charge in [-0.25, -0.2) is 0 Å². The van der Waals surface area contributed by atoms with Crippen molar-refractivity contribution in [3.63, 3.8) is 0 Å². The average molecular weight is 361 g/mol. The van der Waals surface area contributed by atoms with Gasteiger partial charge in [0.05, 0.1) is 10.0 Å². The van der Waals surface area contributed by atoms with Crippen molar-refractivity contribution in [2.24, 2.45) is 0 Å². The fourth-order valence-corrected chi connectivity index (χ4v) is 3.17. The second-order valence-electron chi connectivity index (χ2n) is 5.45. The third-order valence-corrected chi connectivity index (χ3v) is 4.40. The van der Waals surface area contributed by atoms with Crippen molar-refractivity contribution >= 4 is 23.2 Å². The van der Waals surface area contributed by atoms with Crippen molar-refractivity contribution < 1.29 is 15.3 Å². The molecule has 0 spiro atoms. The minimum absolute atomic E-state index is 0.155. The predicted molar refractivity (Wildman–Crippen MR) is 95.3 cm³/mol. The Hall–Kier alpha value is -2.36. The molecule has 0 aliphatic heterocycles. The molecule has 3 aromatic rings. The molecule has 0 aliphatic carbocycles. The van der Waals surface area contributed by atoms with Gasteiger partial charge in [-0.05, 0) is 53.1 Å². The lowest BCUT2D eigenvalue weighted by Gasteiger charge is -2.20. The molecule has 0 unspecified atom stereocenters. The van der Waals surface area contributed by atoms with Crippen LogP contribution in [-0.2, 0) is 0 Å². The van der Waals surface area contributed by atoms with E-state index < -0.39 is 0 Å². The Kier molecular flexibility index (Phi) is 4.56. The number of benzene rings is 3. The first-order chi connectivity index (χ1) is 11.5. The number of rotatable bonds is 3. The quantitative estimate of drug-likeness (QED) is 0.556. The second-order valence-corrected chi connectivity index (χ2v) is 6.26. The molecule has 0 saturated carbocycles. The molecule has 0 fully saturated rings. The Morgan fingerprint density at radius 1 is 0.583 bits per heavy atom. The lowest BCUT2D eigenvalue weighted by atomic mass is 9.85. The van der Waals surface area contributed by atoms with E-state index in [4.69, 9.17) is 23.2 Å². The summed E-state index contributed by atoms with van der Waals surface area (Å²) in [6, 6.07) is 17.0. The van der Waals surface area contributed by atoms with Crippen LogP contribution in [0.4, 0.5) is 0 Å². The van der Waals surface area contributed by atoms with Crippen molar-refractivity contribution in [2.75, 3.05) is 0 Å². The van der Waals surface area contributed by atoms with Crippen molar-refractivity contribution in [3.05, 3.63) is 87.4 Å². The summed E-state index contributed by atoms with van der Waals surface area (Å²) in [6.07, 6.45) is 0. The van der Waals surface area contributed by atoms with Gasteiger partial charge in [0.2, 0.25) is 0 Å². The largest absolute Gasteiger partial charge is 0.508 e. The predicted octanol–water partition coefficient (Wildman–Crippen LogP) is 5.29. The van der Waals surface area contributed by atoms with Gasteiger partial charge in [-0.2, -0.15) is 0 Å². The fraction of sp³-hybridized carbons (Fsp3) is 0.0526. The van der Waals surface area contributed by atoms with Gasteiger partial charge in [0, 0.05) is 5.92 Å². The smallest absolute Gasteiger partial charge is 0.152 e. The molecule has 0 radical (unpaired) electrons. The third-order valence-electron chi connectivity index (χ3n) is 3.83. The fourth-order valence-electron chi connectivity index (χ4n) is 2.66. The Bertz CT molecular complexity index is 790. The van der Waals surface area contributed by atoms with Crippen LogP contribution in [0.15, 0.2) is 60.7 Å². The van der Waals surface area contributed by atoms with E-state index in [9.17, 15) is 15.3 Å². The number of phenolic OH excluding ortho intramolecular Hbond substituents is 3. The molecule has 0 amide bonds. The molecule has 0 atom stereocenters. The molecule has 0 bridgehead atoms. The lowest BCUT2D eigenvalue weighted by molar-refractivity contribution is 0.475. The van der Waals surface area contributed by atoms with Crippen LogP contribution in [-0.4, -0.2) is 15.3 Å². The maximum Gasteiger partial charge on any atom is 0.152 e. The van der Waals surface area contributed by atoms with E-state index in [-0.39, 0.29) is 33.2 Å². The molecule has 3 aromatic carbocycles. The summed E-state index contributed by atoms with van der Waals surface area (Å²) >= 11 is 12.1. The Labute approximate surface area is 149 Å². The molecule has 0 saturated heterocycles. The first-order valence-corrected chi connectivity index (χ1v) is 7.97. The lowest BCUT2D eigenvalue weighted by Crippen LogP contribution is -2.03. The van der Waals surface area contributed by atoms with Crippen molar-refractivity contribution in [1.82, 2.24) is 0 Å².